The number of aryl methyl sites for hydroxylation is 1. The number of para-hydroxylation sites is 2. The molecule has 4 nitrogen and oxygen atoms in total. The number of aromatic nitrogens is 1. The molecule has 0 spiro atoms. The summed E-state index contributed by atoms with van der Waals surface area (Å²) in [5, 5.41) is 13.1. The largest absolute Gasteiger partial charge is 0.441 e. The Morgan fingerprint density at radius 1 is 1.25 bits per heavy atom. The van der Waals surface area contributed by atoms with Gasteiger partial charge >= 0.3 is 0 Å². The summed E-state index contributed by atoms with van der Waals surface area (Å²) in [5.74, 6) is 0.803. The molecular weight excluding hydrogens is 252 g/mol. The van der Waals surface area contributed by atoms with Gasteiger partial charge in [-0.25, -0.2) is 4.98 Å². The lowest BCUT2D eigenvalue weighted by Gasteiger charge is -2.28. The van der Waals surface area contributed by atoms with Crippen molar-refractivity contribution in [1.82, 2.24) is 10.3 Å². The summed E-state index contributed by atoms with van der Waals surface area (Å²) in [4.78, 5) is 4.48. The van der Waals surface area contributed by atoms with E-state index in [4.69, 9.17) is 4.42 Å². The van der Waals surface area contributed by atoms with Crippen LogP contribution in [0, 0.1) is 0 Å². The van der Waals surface area contributed by atoms with E-state index >= 15 is 0 Å². The number of hydrogen-bond donors (Lipinski definition) is 2. The Labute approximate surface area is 119 Å². The summed E-state index contributed by atoms with van der Waals surface area (Å²) in [7, 11) is 0. The van der Waals surface area contributed by atoms with Crippen LogP contribution in [0.2, 0.25) is 0 Å². The van der Waals surface area contributed by atoms with E-state index in [9.17, 15) is 5.11 Å². The third-order valence-corrected chi connectivity index (χ3v) is 4.27. The zero-order valence-corrected chi connectivity index (χ0v) is 11.8. The van der Waals surface area contributed by atoms with E-state index in [1.54, 1.807) is 0 Å². The molecule has 0 amide bonds. The second kappa shape index (κ2) is 5.94. The molecule has 1 aliphatic rings. The van der Waals surface area contributed by atoms with Crippen molar-refractivity contribution in [2.75, 3.05) is 13.2 Å². The van der Waals surface area contributed by atoms with Crippen LogP contribution in [0.3, 0.4) is 0 Å². The minimum absolute atomic E-state index is 0.0265. The number of nitrogens with zero attached hydrogens (tertiary/aromatic N) is 1. The van der Waals surface area contributed by atoms with E-state index in [0.717, 1.165) is 49.2 Å². The Kier molecular flexibility index (Phi) is 4.03. The summed E-state index contributed by atoms with van der Waals surface area (Å²) in [6.45, 7) is 1.15. The standard InChI is InChI=1S/C16H22N2O2/c19-12-16(9-3-4-10-16)17-11-5-8-15-18-13-6-1-2-7-14(13)20-15/h1-2,6-7,17,19H,3-5,8-12H2. The van der Waals surface area contributed by atoms with Crippen LogP contribution in [0.4, 0.5) is 0 Å². The van der Waals surface area contributed by atoms with Crippen molar-refractivity contribution in [3.8, 4) is 0 Å². The highest BCUT2D eigenvalue weighted by atomic mass is 16.3. The fraction of sp³-hybridized carbons (Fsp3) is 0.562. The Morgan fingerprint density at radius 2 is 2.05 bits per heavy atom. The molecule has 1 fully saturated rings. The van der Waals surface area contributed by atoms with Crippen molar-refractivity contribution < 1.29 is 9.52 Å². The molecule has 0 bridgehead atoms. The van der Waals surface area contributed by atoms with Crippen molar-refractivity contribution in [3.63, 3.8) is 0 Å². The van der Waals surface area contributed by atoms with Gasteiger partial charge in [0.2, 0.25) is 0 Å². The van der Waals surface area contributed by atoms with Gasteiger partial charge in [0.05, 0.1) is 6.61 Å². The molecule has 0 radical (unpaired) electrons. The van der Waals surface area contributed by atoms with E-state index in [1.165, 1.54) is 12.8 Å². The van der Waals surface area contributed by atoms with Gasteiger partial charge in [0.15, 0.2) is 11.5 Å². The van der Waals surface area contributed by atoms with Crippen molar-refractivity contribution in [3.05, 3.63) is 30.2 Å². The molecule has 3 rings (SSSR count). The number of aliphatic hydroxyl groups is 1. The van der Waals surface area contributed by atoms with Crippen molar-refractivity contribution in [2.24, 2.45) is 0 Å². The van der Waals surface area contributed by atoms with Gasteiger partial charge in [0, 0.05) is 12.0 Å². The molecule has 0 saturated heterocycles. The fourth-order valence-electron chi connectivity index (χ4n) is 3.06. The smallest absolute Gasteiger partial charge is 0.195 e. The second-order valence-electron chi connectivity index (χ2n) is 5.75. The van der Waals surface area contributed by atoms with Crippen molar-refractivity contribution in [1.29, 1.82) is 0 Å². The molecule has 0 atom stereocenters. The first kappa shape index (κ1) is 13.6. The summed E-state index contributed by atoms with van der Waals surface area (Å²) in [6, 6.07) is 7.86. The van der Waals surface area contributed by atoms with Gasteiger partial charge in [0.1, 0.15) is 5.52 Å². The number of aliphatic hydroxyl groups excluding tert-OH is 1. The van der Waals surface area contributed by atoms with E-state index in [2.05, 4.69) is 10.3 Å². The number of oxazole rings is 1. The van der Waals surface area contributed by atoms with Gasteiger partial charge in [0.25, 0.3) is 0 Å². The number of nitrogens with one attached hydrogen (secondary N) is 1. The maximum atomic E-state index is 9.53. The molecule has 2 N–H and O–H groups in total. The Balaban J connectivity index is 1.50. The zero-order valence-electron chi connectivity index (χ0n) is 11.8. The highest BCUT2D eigenvalue weighted by Gasteiger charge is 2.32. The van der Waals surface area contributed by atoms with Gasteiger partial charge in [-0.05, 0) is 37.9 Å². The number of benzene rings is 1. The second-order valence-corrected chi connectivity index (χ2v) is 5.75. The summed E-state index contributed by atoms with van der Waals surface area (Å²) in [6.07, 6.45) is 6.44. The fourth-order valence-corrected chi connectivity index (χ4v) is 3.06. The normalized spacial score (nSPS) is 17.9. The van der Waals surface area contributed by atoms with Crippen LogP contribution >= 0.6 is 0 Å². The van der Waals surface area contributed by atoms with E-state index in [1.807, 2.05) is 24.3 Å². The van der Waals surface area contributed by atoms with Gasteiger partial charge in [-0.1, -0.05) is 25.0 Å². The third kappa shape index (κ3) is 2.86. The van der Waals surface area contributed by atoms with Gasteiger partial charge in [-0.15, -0.1) is 0 Å². The highest BCUT2D eigenvalue weighted by Crippen LogP contribution is 2.29. The lowest BCUT2D eigenvalue weighted by Crippen LogP contribution is -2.46. The van der Waals surface area contributed by atoms with Crippen LogP contribution in [-0.4, -0.2) is 28.8 Å². The topological polar surface area (TPSA) is 58.3 Å². The molecule has 1 saturated carbocycles. The van der Waals surface area contributed by atoms with Crippen molar-refractivity contribution >= 4 is 11.1 Å². The lowest BCUT2D eigenvalue weighted by molar-refractivity contribution is 0.164. The first-order chi connectivity index (χ1) is 9.81. The number of rotatable bonds is 6. The molecule has 1 heterocycles. The third-order valence-electron chi connectivity index (χ3n) is 4.27. The molecule has 1 aliphatic carbocycles. The molecular formula is C16H22N2O2. The van der Waals surface area contributed by atoms with Crippen LogP contribution in [0.1, 0.15) is 38.0 Å². The maximum Gasteiger partial charge on any atom is 0.195 e. The Hall–Kier alpha value is -1.39. The molecule has 0 unspecified atom stereocenters. The first-order valence-corrected chi connectivity index (χ1v) is 7.52. The quantitative estimate of drug-likeness (QED) is 0.795. The summed E-state index contributed by atoms with van der Waals surface area (Å²) >= 11 is 0. The lowest BCUT2D eigenvalue weighted by atomic mass is 9.99. The van der Waals surface area contributed by atoms with Crippen LogP contribution in [-0.2, 0) is 6.42 Å². The van der Waals surface area contributed by atoms with E-state index < -0.39 is 0 Å². The van der Waals surface area contributed by atoms with Gasteiger partial charge in [-0.2, -0.15) is 0 Å². The maximum absolute atomic E-state index is 9.53. The molecule has 4 heteroatoms. The minimum atomic E-state index is -0.0265. The van der Waals surface area contributed by atoms with E-state index in [0.29, 0.717) is 0 Å². The summed E-state index contributed by atoms with van der Waals surface area (Å²) < 4.78 is 5.70. The molecule has 108 valence electrons. The van der Waals surface area contributed by atoms with Gasteiger partial charge in [-0.3, -0.25) is 0 Å². The van der Waals surface area contributed by atoms with Crippen LogP contribution in [0.5, 0.6) is 0 Å². The van der Waals surface area contributed by atoms with Crippen LogP contribution in [0.25, 0.3) is 11.1 Å². The predicted octanol–water partition coefficient (Wildman–Crippen LogP) is 2.66. The van der Waals surface area contributed by atoms with E-state index in [-0.39, 0.29) is 12.1 Å². The van der Waals surface area contributed by atoms with Gasteiger partial charge < -0.3 is 14.8 Å². The molecule has 20 heavy (non-hydrogen) atoms. The number of fused-ring (bicyclic) bond motifs is 1. The van der Waals surface area contributed by atoms with Crippen LogP contribution in [0.15, 0.2) is 28.7 Å². The van der Waals surface area contributed by atoms with Crippen molar-refractivity contribution in [2.45, 2.75) is 44.1 Å². The predicted molar refractivity (Wildman–Crippen MR) is 78.6 cm³/mol. The molecule has 2 aromatic rings. The number of hydrogen-bond acceptors (Lipinski definition) is 4. The average molecular weight is 274 g/mol. The Bertz CT molecular complexity index is 525. The zero-order chi connectivity index (χ0) is 13.8. The average Bonchev–Trinajstić information content (AvgIpc) is 3.10. The molecule has 0 aliphatic heterocycles. The highest BCUT2D eigenvalue weighted by molar-refractivity contribution is 5.72. The monoisotopic (exact) mass is 274 g/mol. The summed E-state index contributed by atoms with van der Waals surface area (Å²) in [5.41, 5.74) is 1.76. The minimum Gasteiger partial charge on any atom is -0.441 e. The molecule has 1 aromatic carbocycles. The van der Waals surface area contributed by atoms with Crippen LogP contribution < -0.4 is 5.32 Å². The SMILES string of the molecule is OCC1(NCCCc2nc3ccccc3o2)CCCC1. The Morgan fingerprint density at radius 3 is 2.80 bits per heavy atom. The molecule has 1 aromatic heterocycles. The first-order valence-electron chi connectivity index (χ1n) is 7.52.